The molecule has 0 rings (SSSR count). The van der Waals surface area contributed by atoms with Gasteiger partial charge in [-0.15, -0.1) is 46.4 Å². The fourth-order valence-electron chi connectivity index (χ4n) is 0.891. The molecule has 2 unspecified atom stereocenters. The van der Waals surface area contributed by atoms with E-state index in [1.807, 2.05) is 0 Å². The maximum Gasteiger partial charge on any atom is 0.331 e. The van der Waals surface area contributed by atoms with E-state index < -0.39 is 24.3 Å². The summed E-state index contributed by atoms with van der Waals surface area (Å²) < 4.78 is 22.6. The number of rotatable bonds is 11. The molecule has 0 saturated heterocycles. The molecule has 114 valence electrons. The monoisotopic (exact) mass is 373 g/mol. The molecule has 1 amide bonds. The van der Waals surface area contributed by atoms with Gasteiger partial charge in [0.05, 0.1) is 30.1 Å². The maximum atomic E-state index is 12.3. The van der Waals surface area contributed by atoms with Crippen LogP contribution in [0.2, 0.25) is 0 Å². The second-order valence-corrected chi connectivity index (χ2v) is 7.68. The van der Waals surface area contributed by atoms with Crippen molar-refractivity contribution in [1.82, 2.24) is 0 Å². The van der Waals surface area contributed by atoms with E-state index >= 15 is 0 Å². The number of carbonyl (C=O) groups excluding carboxylic acids is 1. The molecular formula is C9H16Cl4NO4P. The third-order valence-electron chi connectivity index (χ3n) is 1.87. The third-order valence-corrected chi connectivity index (χ3v) is 5.35. The first-order valence-electron chi connectivity index (χ1n) is 5.39. The Morgan fingerprint density at radius 2 is 1.53 bits per heavy atom. The van der Waals surface area contributed by atoms with E-state index in [0.29, 0.717) is 0 Å². The average Bonchev–Trinajstić information content (AvgIpc) is 2.40. The van der Waals surface area contributed by atoms with Gasteiger partial charge >= 0.3 is 7.60 Å². The summed E-state index contributed by atoms with van der Waals surface area (Å²) in [4.78, 5) is 10.7. The second-order valence-electron chi connectivity index (χ2n) is 3.65. The van der Waals surface area contributed by atoms with Crippen LogP contribution < -0.4 is 5.73 Å². The average molecular weight is 375 g/mol. The number of halogens is 4. The van der Waals surface area contributed by atoms with Crippen molar-refractivity contribution in [2.24, 2.45) is 5.73 Å². The normalized spacial score (nSPS) is 17.7. The molecule has 2 atom stereocenters. The minimum Gasteiger partial charge on any atom is -0.370 e. The lowest BCUT2D eigenvalue weighted by molar-refractivity contribution is -0.117. The summed E-state index contributed by atoms with van der Waals surface area (Å²) in [5, 5.41) is -1.01. The van der Waals surface area contributed by atoms with Gasteiger partial charge in [0, 0.05) is 18.2 Å². The van der Waals surface area contributed by atoms with E-state index in [-0.39, 0.29) is 37.6 Å². The van der Waals surface area contributed by atoms with E-state index in [1.54, 1.807) is 0 Å². The summed E-state index contributed by atoms with van der Waals surface area (Å²) in [6.45, 7) is -0.121. The molecule has 0 heterocycles. The summed E-state index contributed by atoms with van der Waals surface area (Å²) in [5.74, 6) is -0.332. The van der Waals surface area contributed by atoms with Crippen LogP contribution in [0.15, 0.2) is 0 Å². The summed E-state index contributed by atoms with van der Waals surface area (Å²) in [6.07, 6.45) is -0.265. The summed E-state index contributed by atoms with van der Waals surface area (Å²) in [6, 6.07) is 0. The zero-order valence-corrected chi connectivity index (χ0v) is 14.0. The van der Waals surface area contributed by atoms with Crippen LogP contribution in [0.4, 0.5) is 0 Å². The molecule has 0 radical (unpaired) electrons. The van der Waals surface area contributed by atoms with Crippen molar-refractivity contribution in [3.05, 3.63) is 0 Å². The first-order chi connectivity index (χ1) is 8.83. The van der Waals surface area contributed by atoms with Crippen molar-refractivity contribution in [2.75, 3.05) is 31.1 Å². The fraction of sp³-hybridized carbons (Fsp3) is 0.889. The lowest BCUT2D eigenvalue weighted by Gasteiger charge is -2.20. The largest absolute Gasteiger partial charge is 0.370 e. The van der Waals surface area contributed by atoms with Gasteiger partial charge in [0.25, 0.3) is 0 Å². The van der Waals surface area contributed by atoms with E-state index in [9.17, 15) is 9.36 Å². The lowest BCUT2D eigenvalue weighted by atomic mass is 10.5. The first-order valence-corrected chi connectivity index (χ1v) is 9.06. The second kappa shape index (κ2) is 10.5. The quantitative estimate of drug-likeness (QED) is 0.445. The number of alkyl halides is 4. The Morgan fingerprint density at radius 3 is 1.84 bits per heavy atom. The number of hydrogen-bond acceptors (Lipinski definition) is 4. The molecule has 0 aromatic rings. The van der Waals surface area contributed by atoms with Crippen LogP contribution in [0.1, 0.15) is 6.42 Å². The van der Waals surface area contributed by atoms with Crippen molar-refractivity contribution >= 4 is 59.9 Å². The van der Waals surface area contributed by atoms with Crippen molar-refractivity contribution in [3.63, 3.8) is 0 Å². The zero-order chi connectivity index (χ0) is 14.9. The van der Waals surface area contributed by atoms with Crippen LogP contribution in [0, 0.1) is 0 Å². The van der Waals surface area contributed by atoms with E-state index in [4.69, 9.17) is 61.2 Å². The molecule has 2 N–H and O–H groups in total. The van der Waals surface area contributed by atoms with E-state index in [0.717, 1.165) is 0 Å². The standard InChI is InChI=1S/C9H16Cl4NO4P/c10-3-7(12)5-17-19(16,2-1-9(14)15)18-6-8(13)4-11/h7-8H,1-6H2,(H2,14,15). The van der Waals surface area contributed by atoms with Crippen LogP contribution in [0.25, 0.3) is 0 Å². The fourth-order valence-corrected chi connectivity index (χ4v) is 3.01. The molecule has 0 aliphatic carbocycles. The Hall–Kier alpha value is 0.780. The van der Waals surface area contributed by atoms with Crippen molar-refractivity contribution in [3.8, 4) is 0 Å². The minimum absolute atomic E-state index is 0.0606. The molecule has 0 aliphatic heterocycles. The first kappa shape index (κ1) is 19.8. The van der Waals surface area contributed by atoms with E-state index in [2.05, 4.69) is 0 Å². The number of primary amides is 1. The molecule has 0 fully saturated rings. The SMILES string of the molecule is NC(=O)CCP(=O)(OCC(Cl)CCl)OCC(Cl)CCl. The molecule has 0 spiro atoms. The molecular weight excluding hydrogens is 359 g/mol. The van der Waals surface area contributed by atoms with Crippen LogP contribution in [0.5, 0.6) is 0 Å². The summed E-state index contributed by atoms with van der Waals surface area (Å²) >= 11 is 22.5. The number of nitrogens with two attached hydrogens (primary N) is 1. The molecule has 0 saturated carbocycles. The van der Waals surface area contributed by atoms with Gasteiger partial charge in [-0.2, -0.15) is 0 Å². The van der Waals surface area contributed by atoms with Gasteiger partial charge in [0.15, 0.2) is 0 Å². The minimum atomic E-state index is -3.49. The van der Waals surface area contributed by atoms with Crippen LogP contribution >= 0.6 is 54.0 Å². The predicted octanol–water partition coefficient (Wildman–Crippen LogP) is 2.78. The topological polar surface area (TPSA) is 78.6 Å². The van der Waals surface area contributed by atoms with Gasteiger partial charge in [-0.3, -0.25) is 9.36 Å². The van der Waals surface area contributed by atoms with Crippen LogP contribution in [-0.2, 0) is 18.4 Å². The molecule has 0 aliphatic rings. The van der Waals surface area contributed by atoms with Crippen LogP contribution in [-0.4, -0.2) is 47.8 Å². The third kappa shape index (κ3) is 10.2. The van der Waals surface area contributed by atoms with Gasteiger partial charge in [-0.25, -0.2) is 0 Å². The predicted molar refractivity (Wildman–Crippen MR) is 78.9 cm³/mol. The summed E-state index contributed by atoms with van der Waals surface area (Å²) in [5.41, 5.74) is 5.00. The lowest BCUT2D eigenvalue weighted by Crippen LogP contribution is -2.18. The Morgan fingerprint density at radius 1 is 1.11 bits per heavy atom. The highest BCUT2D eigenvalue weighted by molar-refractivity contribution is 7.53. The molecule has 0 bridgehead atoms. The van der Waals surface area contributed by atoms with Crippen LogP contribution in [0.3, 0.4) is 0 Å². The number of hydrogen-bond donors (Lipinski definition) is 1. The summed E-state index contributed by atoms with van der Waals surface area (Å²) in [7, 11) is -3.49. The molecule has 0 aromatic heterocycles. The van der Waals surface area contributed by atoms with Gasteiger partial charge in [-0.05, 0) is 0 Å². The van der Waals surface area contributed by atoms with Gasteiger partial charge in [0.2, 0.25) is 5.91 Å². The molecule has 10 heteroatoms. The number of amides is 1. The molecule has 5 nitrogen and oxygen atoms in total. The maximum absolute atomic E-state index is 12.3. The van der Waals surface area contributed by atoms with Crippen molar-refractivity contribution in [2.45, 2.75) is 17.2 Å². The Kier molecular flexibility index (Phi) is 10.9. The van der Waals surface area contributed by atoms with Crippen molar-refractivity contribution < 1.29 is 18.4 Å². The highest BCUT2D eigenvalue weighted by Gasteiger charge is 2.27. The Labute approximate surface area is 132 Å². The van der Waals surface area contributed by atoms with Gasteiger partial charge < -0.3 is 14.8 Å². The van der Waals surface area contributed by atoms with E-state index in [1.165, 1.54) is 0 Å². The van der Waals surface area contributed by atoms with Gasteiger partial charge in [0.1, 0.15) is 0 Å². The zero-order valence-electron chi connectivity index (χ0n) is 10.1. The molecule has 0 aromatic carbocycles. The smallest absolute Gasteiger partial charge is 0.331 e. The Bertz CT molecular complexity index is 303. The highest BCUT2D eigenvalue weighted by Crippen LogP contribution is 2.49. The van der Waals surface area contributed by atoms with Gasteiger partial charge in [-0.1, -0.05) is 0 Å². The highest BCUT2D eigenvalue weighted by atomic mass is 35.5. The molecule has 19 heavy (non-hydrogen) atoms. The number of carbonyl (C=O) groups is 1. The van der Waals surface area contributed by atoms with Crippen molar-refractivity contribution in [1.29, 1.82) is 0 Å². The Balaban J connectivity index is 4.43.